The SMILES string of the molecule is C[C@H](Sc1ccccn1)C(=O)Nc1ccc([N+](=O)[O-])cc1C(F)(F)F. The fourth-order valence-electron chi connectivity index (χ4n) is 1.88. The number of alkyl halides is 3. The number of carbonyl (C=O) groups excluding carboxylic acids is 1. The van der Waals surface area contributed by atoms with Crippen LogP contribution in [0.2, 0.25) is 0 Å². The minimum absolute atomic E-state index is 0.395. The number of nitrogens with zero attached hydrogens (tertiary/aromatic N) is 2. The van der Waals surface area contributed by atoms with Gasteiger partial charge in [0, 0.05) is 18.3 Å². The van der Waals surface area contributed by atoms with Gasteiger partial charge in [-0.1, -0.05) is 17.8 Å². The highest BCUT2D eigenvalue weighted by Gasteiger charge is 2.36. The van der Waals surface area contributed by atoms with Gasteiger partial charge in [0.2, 0.25) is 5.91 Å². The molecule has 2 aromatic rings. The molecule has 0 saturated heterocycles. The molecule has 0 saturated carbocycles. The first-order valence-electron chi connectivity index (χ1n) is 6.92. The van der Waals surface area contributed by atoms with Crippen LogP contribution in [0.5, 0.6) is 0 Å². The Morgan fingerprint density at radius 1 is 1.32 bits per heavy atom. The Morgan fingerprint density at radius 2 is 2.04 bits per heavy atom. The van der Waals surface area contributed by atoms with Crippen LogP contribution >= 0.6 is 11.8 Å². The number of nitro benzene ring substituents is 1. The van der Waals surface area contributed by atoms with Crippen LogP contribution in [0.1, 0.15) is 12.5 Å². The molecule has 1 N–H and O–H groups in total. The van der Waals surface area contributed by atoms with Crippen molar-refractivity contribution in [1.82, 2.24) is 4.98 Å². The summed E-state index contributed by atoms with van der Waals surface area (Å²) in [5, 5.41) is 12.7. The first kappa shape index (κ1) is 18.7. The maximum atomic E-state index is 13.1. The van der Waals surface area contributed by atoms with E-state index in [0.717, 1.165) is 23.9 Å². The Morgan fingerprint density at radius 3 is 2.60 bits per heavy atom. The first-order chi connectivity index (χ1) is 11.7. The highest BCUT2D eigenvalue weighted by Crippen LogP contribution is 2.37. The van der Waals surface area contributed by atoms with Gasteiger partial charge in [-0.15, -0.1) is 0 Å². The number of hydrogen-bond acceptors (Lipinski definition) is 5. The predicted octanol–water partition coefficient (Wildman–Crippen LogP) is 4.13. The normalized spacial score (nSPS) is 12.5. The molecule has 0 aliphatic heterocycles. The molecule has 0 spiro atoms. The van der Waals surface area contributed by atoms with Crippen molar-refractivity contribution in [3.63, 3.8) is 0 Å². The summed E-state index contributed by atoms with van der Waals surface area (Å²) in [6.07, 6.45) is -3.31. The Balaban J connectivity index is 2.21. The van der Waals surface area contributed by atoms with Gasteiger partial charge in [0.15, 0.2) is 0 Å². The van der Waals surface area contributed by atoms with Gasteiger partial charge in [-0.25, -0.2) is 4.98 Å². The molecule has 25 heavy (non-hydrogen) atoms. The summed E-state index contributed by atoms with van der Waals surface area (Å²) in [6, 6.07) is 7.26. The predicted molar refractivity (Wildman–Crippen MR) is 86.3 cm³/mol. The molecule has 0 bridgehead atoms. The molecular formula is C15H12F3N3O3S. The number of benzene rings is 1. The Hall–Kier alpha value is -2.62. The topological polar surface area (TPSA) is 85.1 Å². The van der Waals surface area contributed by atoms with E-state index in [-0.39, 0.29) is 0 Å². The van der Waals surface area contributed by atoms with Crippen molar-refractivity contribution in [3.8, 4) is 0 Å². The lowest BCUT2D eigenvalue weighted by molar-refractivity contribution is -0.385. The van der Waals surface area contributed by atoms with Crippen molar-refractivity contribution >= 4 is 29.0 Å². The van der Waals surface area contributed by atoms with E-state index in [1.54, 1.807) is 18.2 Å². The quantitative estimate of drug-likeness (QED) is 0.485. The maximum Gasteiger partial charge on any atom is 0.418 e. The molecule has 6 nitrogen and oxygen atoms in total. The molecule has 1 heterocycles. The van der Waals surface area contributed by atoms with E-state index in [2.05, 4.69) is 10.3 Å². The number of halogens is 3. The number of non-ortho nitro benzene ring substituents is 1. The summed E-state index contributed by atoms with van der Waals surface area (Å²) in [7, 11) is 0. The highest BCUT2D eigenvalue weighted by molar-refractivity contribution is 8.00. The van der Waals surface area contributed by atoms with E-state index >= 15 is 0 Å². The number of rotatable bonds is 5. The van der Waals surface area contributed by atoms with Crippen molar-refractivity contribution in [1.29, 1.82) is 0 Å². The average Bonchev–Trinajstić information content (AvgIpc) is 2.54. The molecule has 0 radical (unpaired) electrons. The van der Waals surface area contributed by atoms with Gasteiger partial charge in [-0.2, -0.15) is 13.2 Å². The van der Waals surface area contributed by atoms with Crippen LogP contribution < -0.4 is 5.32 Å². The van der Waals surface area contributed by atoms with Gasteiger partial charge in [0.1, 0.15) is 0 Å². The van der Waals surface area contributed by atoms with Crippen LogP contribution in [0, 0.1) is 10.1 Å². The standard InChI is InChI=1S/C15H12F3N3O3S/c1-9(25-13-4-2-3-7-19-13)14(22)20-12-6-5-10(21(23)24)8-11(12)15(16,17)18/h2-9H,1H3,(H,20,22)/t9-/m0/s1. The van der Waals surface area contributed by atoms with Gasteiger partial charge in [0.25, 0.3) is 5.69 Å². The largest absolute Gasteiger partial charge is 0.418 e. The smallest absolute Gasteiger partial charge is 0.325 e. The summed E-state index contributed by atoms with van der Waals surface area (Å²) in [6.45, 7) is 1.52. The molecule has 2 rings (SSSR count). The number of nitro groups is 1. The minimum Gasteiger partial charge on any atom is -0.325 e. The Kier molecular flexibility index (Phi) is 5.62. The van der Waals surface area contributed by atoms with Crippen molar-refractivity contribution in [2.45, 2.75) is 23.4 Å². The lowest BCUT2D eigenvalue weighted by atomic mass is 10.1. The molecule has 132 valence electrons. The third-order valence-electron chi connectivity index (χ3n) is 3.08. The van der Waals surface area contributed by atoms with E-state index < -0.39 is 39.2 Å². The number of pyridine rings is 1. The van der Waals surface area contributed by atoms with Crippen molar-refractivity contribution in [2.24, 2.45) is 0 Å². The number of aromatic nitrogens is 1. The zero-order valence-electron chi connectivity index (χ0n) is 12.8. The summed E-state index contributed by atoms with van der Waals surface area (Å²) >= 11 is 1.08. The second-order valence-electron chi connectivity index (χ2n) is 4.90. The number of hydrogen-bond donors (Lipinski definition) is 1. The van der Waals surface area contributed by atoms with Crippen LogP contribution in [-0.2, 0) is 11.0 Å². The summed E-state index contributed by atoms with van der Waals surface area (Å²) in [5.74, 6) is -0.671. The molecule has 1 aromatic carbocycles. The van der Waals surface area contributed by atoms with Crippen LogP contribution in [0.15, 0.2) is 47.6 Å². The molecule has 0 aliphatic rings. The summed E-state index contributed by atoms with van der Waals surface area (Å²) < 4.78 is 39.3. The van der Waals surface area contributed by atoms with Gasteiger partial charge in [-0.05, 0) is 25.1 Å². The van der Waals surface area contributed by atoms with Crippen LogP contribution in [-0.4, -0.2) is 21.1 Å². The number of carbonyl (C=O) groups is 1. The number of thioether (sulfide) groups is 1. The van der Waals surface area contributed by atoms with E-state index in [9.17, 15) is 28.1 Å². The van der Waals surface area contributed by atoms with E-state index in [1.807, 2.05) is 0 Å². The minimum atomic E-state index is -4.84. The number of anilines is 1. The van der Waals surface area contributed by atoms with Crippen molar-refractivity contribution < 1.29 is 22.9 Å². The average molecular weight is 371 g/mol. The first-order valence-corrected chi connectivity index (χ1v) is 7.80. The fourth-order valence-corrected chi connectivity index (χ4v) is 2.68. The molecule has 0 unspecified atom stereocenters. The van der Waals surface area contributed by atoms with Gasteiger partial charge in [0.05, 0.1) is 26.5 Å². The number of nitrogens with one attached hydrogen (secondary N) is 1. The third kappa shape index (κ3) is 4.92. The Bertz CT molecular complexity index is 785. The lowest BCUT2D eigenvalue weighted by Gasteiger charge is -2.16. The molecular weight excluding hydrogens is 359 g/mol. The van der Waals surface area contributed by atoms with Gasteiger partial charge in [-0.3, -0.25) is 14.9 Å². The van der Waals surface area contributed by atoms with Crippen LogP contribution in [0.3, 0.4) is 0 Å². The molecule has 1 amide bonds. The van der Waals surface area contributed by atoms with Crippen LogP contribution in [0.4, 0.5) is 24.5 Å². The highest BCUT2D eigenvalue weighted by atomic mass is 32.2. The molecule has 0 aliphatic carbocycles. The molecule has 1 atom stereocenters. The second-order valence-corrected chi connectivity index (χ2v) is 6.26. The molecule has 1 aromatic heterocycles. The summed E-state index contributed by atoms with van der Waals surface area (Å²) in [5.41, 5.74) is -2.51. The van der Waals surface area contributed by atoms with Crippen molar-refractivity contribution in [2.75, 3.05) is 5.32 Å². The maximum absolute atomic E-state index is 13.1. The fraction of sp³-hybridized carbons (Fsp3) is 0.200. The van der Waals surface area contributed by atoms with Crippen molar-refractivity contribution in [3.05, 3.63) is 58.3 Å². The zero-order chi connectivity index (χ0) is 18.6. The monoisotopic (exact) mass is 371 g/mol. The van der Waals surface area contributed by atoms with Crippen LogP contribution in [0.25, 0.3) is 0 Å². The zero-order valence-corrected chi connectivity index (χ0v) is 13.6. The van der Waals surface area contributed by atoms with E-state index in [0.29, 0.717) is 11.1 Å². The van der Waals surface area contributed by atoms with Gasteiger partial charge < -0.3 is 5.32 Å². The second kappa shape index (κ2) is 7.51. The third-order valence-corrected chi connectivity index (χ3v) is 4.13. The van der Waals surface area contributed by atoms with E-state index in [4.69, 9.17) is 0 Å². The number of amides is 1. The van der Waals surface area contributed by atoms with Gasteiger partial charge >= 0.3 is 6.18 Å². The lowest BCUT2D eigenvalue weighted by Crippen LogP contribution is -2.24. The summed E-state index contributed by atoms with van der Waals surface area (Å²) in [4.78, 5) is 25.9. The Labute approximate surface area is 144 Å². The molecule has 10 heteroatoms. The van der Waals surface area contributed by atoms with E-state index in [1.165, 1.54) is 13.1 Å². The molecule has 0 fully saturated rings.